The van der Waals surface area contributed by atoms with Gasteiger partial charge in [-0.1, -0.05) is 24.3 Å². The van der Waals surface area contributed by atoms with Crippen LogP contribution < -0.4 is 4.74 Å². The van der Waals surface area contributed by atoms with E-state index < -0.39 is 0 Å². The van der Waals surface area contributed by atoms with Crippen molar-refractivity contribution in [1.29, 1.82) is 5.26 Å². The van der Waals surface area contributed by atoms with Crippen LogP contribution in [0, 0.1) is 31.0 Å². The second-order valence-electron chi connectivity index (χ2n) is 5.14. The van der Waals surface area contributed by atoms with Crippen molar-refractivity contribution in [3.63, 3.8) is 0 Å². The van der Waals surface area contributed by atoms with Gasteiger partial charge in [0.1, 0.15) is 11.6 Å². The van der Waals surface area contributed by atoms with Crippen molar-refractivity contribution >= 4 is 0 Å². The average molecular weight is 283 g/mol. The number of halogens is 1. The van der Waals surface area contributed by atoms with Crippen LogP contribution in [0.1, 0.15) is 29.0 Å². The number of hydrogen-bond donors (Lipinski definition) is 0. The molecule has 0 aliphatic rings. The van der Waals surface area contributed by atoms with E-state index in [1.54, 1.807) is 12.1 Å². The fraction of sp³-hybridized carbons (Fsp3) is 0.278. The summed E-state index contributed by atoms with van der Waals surface area (Å²) in [4.78, 5) is 0. The van der Waals surface area contributed by atoms with E-state index in [1.807, 2.05) is 32.0 Å². The van der Waals surface area contributed by atoms with Crippen molar-refractivity contribution in [2.45, 2.75) is 26.2 Å². The smallest absolute Gasteiger partial charge is 0.123 e. The third-order valence-corrected chi connectivity index (χ3v) is 3.44. The summed E-state index contributed by atoms with van der Waals surface area (Å²) in [7, 11) is 0. The first kappa shape index (κ1) is 15.1. The molecular formula is C18H18FNO. The first-order valence-electron chi connectivity index (χ1n) is 6.95. The molecular weight excluding hydrogens is 265 g/mol. The third kappa shape index (κ3) is 4.06. The number of nitriles is 1. The van der Waals surface area contributed by atoms with Crippen LogP contribution in [0.15, 0.2) is 42.5 Å². The van der Waals surface area contributed by atoms with Gasteiger partial charge in [-0.2, -0.15) is 5.26 Å². The van der Waals surface area contributed by atoms with Crippen molar-refractivity contribution in [3.8, 4) is 11.8 Å². The molecule has 2 nitrogen and oxygen atoms in total. The molecule has 108 valence electrons. The van der Waals surface area contributed by atoms with Gasteiger partial charge in [-0.3, -0.25) is 0 Å². The van der Waals surface area contributed by atoms with Crippen molar-refractivity contribution in [1.82, 2.24) is 0 Å². The Morgan fingerprint density at radius 3 is 2.52 bits per heavy atom. The van der Waals surface area contributed by atoms with E-state index in [-0.39, 0.29) is 11.7 Å². The molecule has 0 saturated carbocycles. The molecule has 0 aromatic heterocycles. The van der Waals surface area contributed by atoms with E-state index >= 15 is 0 Å². The molecule has 2 aromatic rings. The number of ether oxygens (including phenoxy) is 1. The van der Waals surface area contributed by atoms with Crippen molar-refractivity contribution in [2.75, 3.05) is 6.61 Å². The van der Waals surface area contributed by atoms with Crippen LogP contribution >= 0.6 is 0 Å². The summed E-state index contributed by atoms with van der Waals surface area (Å²) >= 11 is 0. The van der Waals surface area contributed by atoms with Gasteiger partial charge in [0.2, 0.25) is 0 Å². The Balaban J connectivity index is 1.96. The zero-order chi connectivity index (χ0) is 15.2. The average Bonchev–Trinajstić information content (AvgIpc) is 2.48. The molecule has 3 heteroatoms. The molecule has 2 aromatic carbocycles. The largest absolute Gasteiger partial charge is 0.493 e. The summed E-state index contributed by atoms with van der Waals surface area (Å²) < 4.78 is 18.7. The molecule has 2 rings (SSSR count). The van der Waals surface area contributed by atoms with Gasteiger partial charge < -0.3 is 4.74 Å². The topological polar surface area (TPSA) is 33.0 Å². The first-order valence-corrected chi connectivity index (χ1v) is 6.95. The van der Waals surface area contributed by atoms with Crippen LogP contribution in [-0.4, -0.2) is 6.61 Å². The van der Waals surface area contributed by atoms with E-state index in [9.17, 15) is 9.65 Å². The lowest BCUT2D eigenvalue weighted by Gasteiger charge is -2.13. The number of benzene rings is 2. The molecule has 0 N–H and O–H groups in total. The number of rotatable bonds is 5. The fourth-order valence-electron chi connectivity index (χ4n) is 2.15. The Morgan fingerprint density at radius 2 is 1.86 bits per heavy atom. The van der Waals surface area contributed by atoms with E-state index in [4.69, 9.17) is 4.74 Å². The summed E-state index contributed by atoms with van der Waals surface area (Å²) in [5.41, 5.74) is 3.05. The van der Waals surface area contributed by atoms with E-state index in [1.165, 1.54) is 12.1 Å². The normalized spacial score (nSPS) is 11.7. The van der Waals surface area contributed by atoms with Crippen LogP contribution in [0.3, 0.4) is 0 Å². The highest BCUT2D eigenvalue weighted by Gasteiger charge is 2.11. The van der Waals surface area contributed by atoms with E-state index in [2.05, 4.69) is 6.07 Å². The quantitative estimate of drug-likeness (QED) is 0.808. The van der Waals surface area contributed by atoms with Crippen LogP contribution in [0.2, 0.25) is 0 Å². The van der Waals surface area contributed by atoms with Crippen LogP contribution in [0.5, 0.6) is 5.75 Å². The van der Waals surface area contributed by atoms with Gasteiger partial charge in [0.05, 0.1) is 18.6 Å². The monoisotopic (exact) mass is 283 g/mol. The fourth-order valence-corrected chi connectivity index (χ4v) is 2.15. The second-order valence-corrected chi connectivity index (χ2v) is 5.14. The highest BCUT2D eigenvalue weighted by molar-refractivity contribution is 5.36. The zero-order valence-corrected chi connectivity index (χ0v) is 12.3. The molecule has 1 unspecified atom stereocenters. The summed E-state index contributed by atoms with van der Waals surface area (Å²) in [6.07, 6.45) is 0.579. The molecule has 0 radical (unpaired) electrons. The Morgan fingerprint density at radius 1 is 1.14 bits per heavy atom. The lowest BCUT2D eigenvalue weighted by molar-refractivity contribution is 0.304. The minimum atomic E-state index is -0.290. The van der Waals surface area contributed by atoms with Gasteiger partial charge in [0.25, 0.3) is 0 Å². The van der Waals surface area contributed by atoms with Gasteiger partial charge in [-0.25, -0.2) is 4.39 Å². The Bertz CT molecular complexity index is 643. The second kappa shape index (κ2) is 6.90. The maximum atomic E-state index is 12.9. The van der Waals surface area contributed by atoms with Crippen LogP contribution in [-0.2, 0) is 0 Å². The summed E-state index contributed by atoms with van der Waals surface area (Å²) in [5, 5.41) is 9.25. The first-order chi connectivity index (χ1) is 10.1. The Hall–Kier alpha value is -2.34. The van der Waals surface area contributed by atoms with Gasteiger partial charge >= 0.3 is 0 Å². The highest BCUT2D eigenvalue weighted by Crippen LogP contribution is 2.22. The molecule has 0 amide bonds. The van der Waals surface area contributed by atoms with Crippen LogP contribution in [0.25, 0.3) is 0 Å². The molecule has 0 spiro atoms. The summed E-state index contributed by atoms with van der Waals surface area (Å²) in [6, 6.07) is 14.4. The van der Waals surface area contributed by atoms with Gasteiger partial charge in [-0.15, -0.1) is 0 Å². The predicted octanol–water partition coefficient (Wildman–Crippen LogP) is 4.52. The van der Waals surface area contributed by atoms with Crippen molar-refractivity contribution in [3.05, 3.63) is 65.0 Å². The third-order valence-electron chi connectivity index (χ3n) is 3.44. The Kier molecular flexibility index (Phi) is 4.94. The molecule has 0 aliphatic heterocycles. The molecule has 1 atom stereocenters. The summed E-state index contributed by atoms with van der Waals surface area (Å²) in [6.45, 7) is 4.47. The minimum Gasteiger partial charge on any atom is -0.493 e. The van der Waals surface area contributed by atoms with Gasteiger partial charge in [0.15, 0.2) is 0 Å². The number of hydrogen-bond acceptors (Lipinski definition) is 2. The number of aryl methyl sites for hydroxylation is 2. The maximum Gasteiger partial charge on any atom is 0.123 e. The molecule has 0 saturated heterocycles. The van der Waals surface area contributed by atoms with E-state index in [0.29, 0.717) is 13.0 Å². The van der Waals surface area contributed by atoms with Gasteiger partial charge in [-0.05, 0) is 48.7 Å². The standard InChI is InChI=1S/C18H18FNO/c1-13-3-4-14(2)18(11-13)21-10-9-16(12-20)15-5-7-17(19)8-6-15/h3-8,11,16H,9-10H2,1-2H3. The highest BCUT2D eigenvalue weighted by atomic mass is 19.1. The van der Waals surface area contributed by atoms with Crippen molar-refractivity contribution in [2.24, 2.45) is 0 Å². The Labute approximate surface area is 124 Å². The van der Waals surface area contributed by atoms with Gasteiger partial charge in [0, 0.05) is 6.42 Å². The zero-order valence-electron chi connectivity index (χ0n) is 12.3. The summed E-state index contributed by atoms with van der Waals surface area (Å²) in [5.74, 6) is 0.281. The van der Waals surface area contributed by atoms with Crippen LogP contribution in [0.4, 0.5) is 4.39 Å². The SMILES string of the molecule is Cc1ccc(C)c(OCCC(C#N)c2ccc(F)cc2)c1. The molecule has 0 heterocycles. The molecule has 0 aliphatic carbocycles. The maximum absolute atomic E-state index is 12.9. The van der Waals surface area contributed by atoms with E-state index in [0.717, 1.165) is 22.4 Å². The lowest BCUT2D eigenvalue weighted by Crippen LogP contribution is -2.05. The predicted molar refractivity (Wildman–Crippen MR) is 80.8 cm³/mol. The minimum absolute atomic E-state index is 0.282. The van der Waals surface area contributed by atoms with Crippen molar-refractivity contribution < 1.29 is 9.13 Å². The lowest BCUT2D eigenvalue weighted by atomic mass is 9.98. The molecule has 0 bridgehead atoms. The number of nitrogens with zero attached hydrogens (tertiary/aromatic N) is 1. The molecule has 0 fully saturated rings. The molecule has 21 heavy (non-hydrogen) atoms.